The van der Waals surface area contributed by atoms with Gasteiger partial charge in [-0.15, -0.1) is 0 Å². The molecule has 2 N–H and O–H groups in total. The van der Waals surface area contributed by atoms with Crippen LogP contribution in [0.3, 0.4) is 0 Å². The molecule has 1 aliphatic rings. The van der Waals surface area contributed by atoms with E-state index < -0.39 is 0 Å². The van der Waals surface area contributed by atoms with Crippen LogP contribution in [-0.2, 0) is 4.79 Å². The van der Waals surface area contributed by atoms with Crippen LogP contribution in [0.1, 0.15) is 6.92 Å². The molecule has 6 heteroatoms. The SMILES string of the molecule is C[C@H]1CN(CC(=O)Nc2ccc(Br)cc2Br)CCN1. The molecule has 104 valence electrons. The van der Waals surface area contributed by atoms with E-state index in [0.29, 0.717) is 12.6 Å². The number of rotatable bonds is 3. The lowest BCUT2D eigenvalue weighted by molar-refractivity contribution is -0.117. The van der Waals surface area contributed by atoms with Gasteiger partial charge in [-0.3, -0.25) is 9.69 Å². The van der Waals surface area contributed by atoms with Gasteiger partial charge in [0.2, 0.25) is 5.91 Å². The highest BCUT2D eigenvalue weighted by atomic mass is 79.9. The first-order valence-corrected chi connectivity index (χ1v) is 7.84. The zero-order valence-corrected chi connectivity index (χ0v) is 13.9. The van der Waals surface area contributed by atoms with Crippen molar-refractivity contribution in [2.75, 3.05) is 31.5 Å². The van der Waals surface area contributed by atoms with Gasteiger partial charge >= 0.3 is 0 Å². The highest BCUT2D eigenvalue weighted by Crippen LogP contribution is 2.26. The monoisotopic (exact) mass is 389 g/mol. The van der Waals surface area contributed by atoms with Gasteiger partial charge in [0, 0.05) is 34.6 Å². The van der Waals surface area contributed by atoms with Crippen LogP contribution >= 0.6 is 31.9 Å². The lowest BCUT2D eigenvalue weighted by atomic mass is 10.2. The van der Waals surface area contributed by atoms with Crippen molar-refractivity contribution < 1.29 is 4.79 Å². The highest BCUT2D eigenvalue weighted by molar-refractivity contribution is 9.11. The molecule has 1 fully saturated rings. The van der Waals surface area contributed by atoms with Gasteiger partial charge in [-0.05, 0) is 41.1 Å². The van der Waals surface area contributed by atoms with E-state index in [4.69, 9.17) is 0 Å². The number of hydrogen-bond donors (Lipinski definition) is 2. The van der Waals surface area contributed by atoms with Crippen LogP contribution in [0.2, 0.25) is 0 Å². The molecular formula is C13H17Br2N3O. The minimum absolute atomic E-state index is 0.0251. The fourth-order valence-electron chi connectivity index (χ4n) is 2.14. The van der Waals surface area contributed by atoms with E-state index in [2.05, 4.69) is 54.3 Å². The molecule has 1 amide bonds. The maximum absolute atomic E-state index is 12.0. The van der Waals surface area contributed by atoms with Gasteiger partial charge in [-0.1, -0.05) is 15.9 Å². The van der Waals surface area contributed by atoms with Gasteiger partial charge in [0.15, 0.2) is 0 Å². The summed E-state index contributed by atoms with van der Waals surface area (Å²) in [4.78, 5) is 14.2. The van der Waals surface area contributed by atoms with Gasteiger partial charge in [-0.2, -0.15) is 0 Å². The standard InChI is InChI=1S/C13H17Br2N3O/c1-9-7-18(5-4-16-9)8-13(19)17-12-3-2-10(14)6-11(12)15/h2-3,6,9,16H,4-5,7-8H2,1H3,(H,17,19)/t9-/m0/s1. The zero-order chi connectivity index (χ0) is 13.8. The molecule has 1 atom stereocenters. The number of benzene rings is 1. The summed E-state index contributed by atoms with van der Waals surface area (Å²) in [6.07, 6.45) is 0. The number of nitrogens with one attached hydrogen (secondary N) is 2. The Labute approximate surface area is 130 Å². The molecule has 1 saturated heterocycles. The predicted molar refractivity (Wildman–Crippen MR) is 84.4 cm³/mol. The second kappa shape index (κ2) is 6.83. The van der Waals surface area contributed by atoms with Crippen molar-refractivity contribution in [2.24, 2.45) is 0 Å². The first-order valence-electron chi connectivity index (χ1n) is 6.25. The van der Waals surface area contributed by atoms with Crippen molar-refractivity contribution in [3.63, 3.8) is 0 Å². The van der Waals surface area contributed by atoms with Gasteiger partial charge in [-0.25, -0.2) is 0 Å². The summed E-state index contributed by atoms with van der Waals surface area (Å²) >= 11 is 6.83. The predicted octanol–water partition coefficient (Wildman–Crippen LogP) is 2.44. The summed E-state index contributed by atoms with van der Waals surface area (Å²) in [5, 5.41) is 6.29. The second-order valence-electron chi connectivity index (χ2n) is 4.76. The number of piperazine rings is 1. The molecular weight excluding hydrogens is 374 g/mol. The third kappa shape index (κ3) is 4.56. The third-order valence-electron chi connectivity index (χ3n) is 3.03. The van der Waals surface area contributed by atoms with Crippen LogP contribution < -0.4 is 10.6 Å². The van der Waals surface area contributed by atoms with Gasteiger partial charge in [0.25, 0.3) is 0 Å². The lowest BCUT2D eigenvalue weighted by Gasteiger charge is -2.31. The average Bonchev–Trinajstić information content (AvgIpc) is 2.33. The first-order chi connectivity index (χ1) is 9.04. The van der Waals surface area contributed by atoms with Crippen LogP contribution in [0, 0.1) is 0 Å². The number of anilines is 1. The second-order valence-corrected chi connectivity index (χ2v) is 6.53. The number of nitrogens with zero attached hydrogens (tertiary/aromatic N) is 1. The number of halogens is 2. The van der Waals surface area contributed by atoms with Gasteiger partial charge in [0.1, 0.15) is 0 Å². The molecule has 0 unspecified atom stereocenters. The fraction of sp³-hybridized carbons (Fsp3) is 0.462. The Bertz CT molecular complexity index is 467. The van der Waals surface area contributed by atoms with Gasteiger partial charge in [0.05, 0.1) is 12.2 Å². The van der Waals surface area contributed by atoms with E-state index >= 15 is 0 Å². The molecule has 0 saturated carbocycles. The average molecular weight is 391 g/mol. The largest absolute Gasteiger partial charge is 0.324 e. The molecule has 0 spiro atoms. The molecule has 0 aromatic heterocycles. The van der Waals surface area contributed by atoms with Gasteiger partial charge < -0.3 is 10.6 Å². The topological polar surface area (TPSA) is 44.4 Å². The van der Waals surface area contributed by atoms with Crippen LogP contribution in [0.15, 0.2) is 27.1 Å². The third-order valence-corrected chi connectivity index (χ3v) is 4.17. The maximum atomic E-state index is 12.0. The van der Waals surface area contributed by atoms with E-state index in [1.54, 1.807) is 0 Å². The van der Waals surface area contributed by atoms with Crippen LogP contribution in [0.25, 0.3) is 0 Å². The Morgan fingerprint density at radius 3 is 3.00 bits per heavy atom. The number of carbonyl (C=O) groups excluding carboxylic acids is 1. The number of carbonyl (C=O) groups is 1. The Balaban J connectivity index is 1.90. The van der Waals surface area contributed by atoms with E-state index in [1.165, 1.54) is 0 Å². The van der Waals surface area contributed by atoms with Crippen molar-refractivity contribution in [3.8, 4) is 0 Å². The Morgan fingerprint density at radius 1 is 1.53 bits per heavy atom. The summed E-state index contributed by atoms with van der Waals surface area (Å²) < 4.78 is 1.86. The zero-order valence-electron chi connectivity index (χ0n) is 10.7. The van der Waals surface area contributed by atoms with Crippen molar-refractivity contribution in [3.05, 3.63) is 27.1 Å². The summed E-state index contributed by atoms with van der Waals surface area (Å²) in [6.45, 7) is 5.34. The Hall–Kier alpha value is -0.430. The van der Waals surface area contributed by atoms with Crippen molar-refractivity contribution in [1.29, 1.82) is 0 Å². The summed E-state index contributed by atoms with van der Waals surface area (Å²) in [6, 6.07) is 6.16. The van der Waals surface area contributed by atoms with E-state index in [9.17, 15) is 4.79 Å². The van der Waals surface area contributed by atoms with E-state index in [1.807, 2.05) is 18.2 Å². The smallest absolute Gasteiger partial charge is 0.238 e. The molecule has 1 aromatic carbocycles. The molecule has 2 rings (SSSR count). The van der Waals surface area contributed by atoms with Crippen molar-refractivity contribution in [1.82, 2.24) is 10.2 Å². The molecule has 4 nitrogen and oxygen atoms in total. The minimum atomic E-state index is 0.0251. The molecule has 1 aliphatic heterocycles. The maximum Gasteiger partial charge on any atom is 0.238 e. The van der Waals surface area contributed by atoms with Crippen LogP contribution in [0.4, 0.5) is 5.69 Å². The molecule has 19 heavy (non-hydrogen) atoms. The molecule has 0 radical (unpaired) electrons. The van der Waals surface area contributed by atoms with Crippen molar-refractivity contribution >= 4 is 43.5 Å². The summed E-state index contributed by atoms with van der Waals surface area (Å²) in [5.41, 5.74) is 0.802. The molecule has 0 aliphatic carbocycles. The minimum Gasteiger partial charge on any atom is -0.324 e. The highest BCUT2D eigenvalue weighted by Gasteiger charge is 2.18. The van der Waals surface area contributed by atoms with E-state index in [-0.39, 0.29) is 5.91 Å². The van der Waals surface area contributed by atoms with Crippen molar-refractivity contribution in [2.45, 2.75) is 13.0 Å². The lowest BCUT2D eigenvalue weighted by Crippen LogP contribution is -2.51. The first kappa shape index (κ1) is 15.0. The summed E-state index contributed by atoms with van der Waals surface area (Å²) in [7, 11) is 0. The van der Waals surface area contributed by atoms with E-state index in [0.717, 1.165) is 34.3 Å². The Morgan fingerprint density at radius 2 is 2.32 bits per heavy atom. The summed E-state index contributed by atoms with van der Waals surface area (Å²) in [5.74, 6) is 0.0251. The van der Waals surface area contributed by atoms with Crippen LogP contribution in [0.5, 0.6) is 0 Å². The van der Waals surface area contributed by atoms with Crippen LogP contribution in [-0.4, -0.2) is 43.0 Å². The Kier molecular flexibility index (Phi) is 5.38. The normalized spacial score (nSPS) is 20.3. The number of amides is 1. The molecule has 0 bridgehead atoms. The molecule has 1 aromatic rings. The number of hydrogen-bond acceptors (Lipinski definition) is 3. The fourth-order valence-corrected chi connectivity index (χ4v) is 3.29. The quantitative estimate of drug-likeness (QED) is 0.833. The molecule has 1 heterocycles.